The van der Waals surface area contributed by atoms with Crippen molar-refractivity contribution in [1.82, 2.24) is 5.32 Å². The molecule has 1 atom stereocenters. The quantitative estimate of drug-likeness (QED) is 0.332. The zero-order valence-corrected chi connectivity index (χ0v) is 15.2. The van der Waals surface area contributed by atoms with E-state index in [2.05, 4.69) is 32.9 Å². The molecular formula is C17H14ClIN2O2. The summed E-state index contributed by atoms with van der Waals surface area (Å²) in [5, 5.41) is 2.80. The maximum Gasteiger partial charge on any atom is 0.236 e. The Morgan fingerprint density at radius 2 is 1.83 bits per heavy atom. The van der Waals surface area contributed by atoms with Crippen LogP contribution in [0.5, 0.6) is 0 Å². The molecule has 0 aliphatic heterocycles. The van der Waals surface area contributed by atoms with Crippen LogP contribution in [0.1, 0.15) is 10.4 Å². The van der Waals surface area contributed by atoms with E-state index in [0.717, 1.165) is 3.57 Å². The van der Waals surface area contributed by atoms with Crippen LogP contribution < -0.4 is 5.32 Å². The molecule has 2 rings (SSSR count). The van der Waals surface area contributed by atoms with Crippen molar-refractivity contribution in [3.8, 4) is 0 Å². The highest BCUT2D eigenvalue weighted by Crippen LogP contribution is 2.20. The second-order valence-electron chi connectivity index (χ2n) is 4.69. The number of nitrogens with zero attached hydrogens (tertiary/aromatic N) is 1. The minimum absolute atomic E-state index is 0.303. The van der Waals surface area contributed by atoms with Gasteiger partial charge in [-0.3, -0.25) is 14.6 Å². The number of rotatable bonds is 5. The number of hydrogen-bond donors (Lipinski definition) is 1. The first-order chi connectivity index (χ1) is 11.0. The SMILES string of the molecule is CNC(=O)C(C=Nc1ccc(I)cc1)C(=O)c1ccccc1Cl. The van der Waals surface area contributed by atoms with Gasteiger partial charge in [-0.2, -0.15) is 0 Å². The number of carbonyl (C=O) groups excluding carboxylic acids is 2. The first kappa shape index (κ1) is 17.6. The van der Waals surface area contributed by atoms with E-state index in [9.17, 15) is 9.59 Å². The summed E-state index contributed by atoms with van der Waals surface area (Å²) in [6.45, 7) is 0. The van der Waals surface area contributed by atoms with E-state index in [1.54, 1.807) is 24.3 Å². The van der Waals surface area contributed by atoms with Crippen LogP contribution in [-0.2, 0) is 4.79 Å². The predicted octanol–water partition coefficient (Wildman–Crippen LogP) is 3.89. The number of Topliss-reactive ketones (excluding diaryl/α,β-unsaturated/α-hetero) is 1. The van der Waals surface area contributed by atoms with Crippen molar-refractivity contribution in [3.05, 3.63) is 62.7 Å². The normalized spacial score (nSPS) is 12.1. The average molecular weight is 441 g/mol. The molecular weight excluding hydrogens is 427 g/mol. The Hall–Kier alpha value is -1.73. The fourth-order valence-electron chi connectivity index (χ4n) is 1.93. The van der Waals surface area contributed by atoms with Crippen LogP contribution in [0.3, 0.4) is 0 Å². The van der Waals surface area contributed by atoms with Gasteiger partial charge in [0, 0.05) is 22.4 Å². The van der Waals surface area contributed by atoms with E-state index in [0.29, 0.717) is 16.3 Å². The van der Waals surface area contributed by atoms with Gasteiger partial charge in [-0.15, -0.1) is 0 Å². The molecule has 2 aromatic carbocycles. The van der Waals surface area contributed by atoms with Gasteiger partial charge in [0.15, 0.2) is 5.78 Å². The van der Waals surface area contributed by atoms with Crippen molar-refractivity contribution in [3.63, 3.8) is 0 Å². The molecule has 0 heterocycles. The number of aliphatic imine (C=N–C) groups is 1. The summed E-state index contributed by atoms with van der Waals surface area (Å²) in [5.74, 6) is -1.84. The van der Waals surface area contributed by atoms with Crippen LogP contribution in [0.4, 0.5) is 5.69 Å². The maximum absolute atomic E-state index is 12.6. The second kappa shape index (κ2) is 8.21. The lowest BCUT2D eigenvalue weighted by Crippen LogP contribution is -2.34. The smallest absolute Gasteiger partial charge is 0.236 e. The van der Waals surface area contributed by atoms with E-state index in [1.165, 1.54) is 13.3 Å². The number of nitrogens with one attached hydrogen (secondary N) is 1. The maximum atomic E-state index is 12.6. The topological polar surface area (TPSA) is 58.5 Å². The van der Waals surface area contributed by atoms with Crippen molar-refractivity contribution < 1.29 is 9.59 Å². The van der Waals surface area contributed by atoms with Gasteiger partial charge in [0.25, 0.3) is 0 Å². The van der Waals surface area contributed by atoms with E-state index < -0.39 is 11.8 Å². The standard InChI is InChI=1S/C17H14ClIN2O2/c1-20-17(23)14(10-21-12-8-6-11(19)7-9-12)16(22)13-4-2-3-5-15(13)18/h2-10,14H,1H3,(H,20,23). The minimum Gasteiger partial charge on any atom is -0.358 e. The fourth-order valence-corrected chi connectivity index (χ4v) is 2.51. The molecule has 0 spiro atoms. The van der Waals surface area contributed by atoms with Crippen LogP contribution in [0.15, 0.2) is 53.5 Å². The second-order valence-corrected chi connectivity index (χ2v) is 6.34. The van der Waals surface area contributed by atoms with Crippen LogP contribution in [-0.4, -0.2) is 25.0 Å². The van der Waals surface area contributed by atoms with Gasteiger partial charge in [-0.25, -0.2) is 0 Å². The molecule has 0 saturated carbocycles. The summed E-state index contributed by atoms with van der Waals surface area (Å²) >= 11 is 8.24. The largest absolute Gasteiger partial charge is 0.358 e. The van der Waals surface area contributed by atoms with Gasteiger partial charge in [-0.1, -0.05) is 23.7 Å². The monoisotopic (exact) mass is 440 g/mol. The lowest BCUT2D eigenvalue weighted by atomic mass is 9.97. The highest BCUT2D eigenvalue weighted by Gasteiger charge is 2.26. The van der Waals surface area contributed by atoms with Gasteiger partial charge in [0.1, 0.15) is 5.92 Å². The molecule has 6 heteroatoms. The Morgan fingerprint density at radius 1 is 1.17 bits per heavy atom. The van der Waals surface area contributed by atoms with Crippen molar-refractivity contribution in [2.24, 2.45) is 10.9 Å². The molecule has 0 aliphatic carbocycles. The zero-order chi connectivity index (χ0) is 16.8. The summed E-state index contributed by atoms with van der Waals surface area (Å²) in [5.41, 5.74) is 0.975. The van der Waals surface area contributed by atoms with Gasteiger partial charge in [-0.05, 0) is 59.0 Å². The third-order valence-corrected chi connectivity index (χ3v) is 4.20. The Kier molecular flexibility index (Phi) is 6.29. The highest BCUT2D eigenvalue weighted by molar-refractivity contribution is 14.1. The van der Waals surface area contributed by atoms with Crippen molar-refractivity contribution >= 4 is 57.8 Å². The zero-order valence-electron chi connectivity index (χ0n) is 12.3. The Morgan fingerprint density at radius 3 is 2.43 bits per heavy atom. The summed E-state index contributed by atoms with van der Waals surface area (Å²) in [7, 11) is 1.48. The third kappa shape index (κ3) is 4.62. The Labute approximate surface area is 153 Å². The molecule has 2 aromatic rings. The molecule has 0 aromatic heterocycles. The van der Waals surface area contributed by atoms with Gasteiger partial charge in [0.05, 0.1) is 10.7 Å². The minimum atomic E-state index is -1.03. The molecule has 1 unspecified atom stereocenters. The van der Waals surface area contributed by atoms with Crippen LogP contribution in [0.2, 0.25) is 5.02 Å². The summed E-state index contributed by atoms with van der Waals surface area (Å²) in [6, 6.07) is 14.1. The van der Waals surface area contributed by atoms with E-state index in [1.807, 2.05) is 24.3 Å². The van der Waals surface area contributed by atoms with E-state index >= 15 is 0 Å². The van der Waals surface area contributed by atoms with Crippen LogP contribution in [0.25, 0.3) is 0 Å². The number of amides is 1. The lowest BCUT2D eigenvalue weighted by Gasteiger charge is -2.11. The number of ketones is 1. The Bertz CT molecular complexity index is 745. The summed E-state index contributed by atoms with van der Waals surface area (Å²) in [4.78, 5) is 28.9. The van der Waals surface area contributed by atoms with Crippen LogP contribution in [0, 0.1) is 9.49 Å². The molecule has 0 radical (unpaired) electrons. The molecule has 1 N–H and O–H groups in total. The molecule has 4 nitrogen and oxygen atoms in total. The summed E-state index contributed by atoms with van der Waals surface area (Å²) < 4.78 is 1.08. The first-order valence-corrected chi connectivity index (χ1v) is 8.28. The molecule has 0 bridgehead atoms. The molecule has 23 heavy (non-hydrogen) atoms. The highest BCUT2D eigenvalue weighted by atomic mass is 127. The fraction of sp³-hybridized carbons (Fsp3) is 0.118. The number of halogens is 2. The average Bonchev–Trinajstić information content (AvgIpc) is 2.56. The van der Waals surface area contributed by atoms with E-state index in [4.69, 9.17) is 11.6 Å². The molecule has 0 fully saturated rings. The van der Waals surface area contributed by atoms with Gasteiger partial charge < -0.3 is 5.32 Å². The predicted molar refractivity (Wildman–Crippen MR) is 101 cm³/mol. The van der Waals surface area contributed by atoms with Crippen molar-refractivity contribution in [1.29, 1.82) is 0 Å². The Balaban J connectivity index is 2.30. The molecule has 0 saturated heterocycles. The van der Waals surface area contributed by atoms with Crippen molar-refractivity contribution in [2.45, 2.75) is 0 Å². The number of benzene rings is 2. The van der Waals surface area contributed by atoms with Crippen molar-refractivity contribution in [2.75, 3.05) is 7.05 Å². The van der Waals surface area contributed by atoms with Gasteiger partial charge >= 0.3 is 0 Å². The third-order valence-electron chi connectivity index (χ3n) is 3.15. The van der Waals surface area contributed by atoms with E-state index in [-0.39, 0.29) is 5.78 Å². The summed E-state index contributed by atoms with van der Waals surface area (Å²) in [6.07, 6.45) is 1.35. The number of hydrogen-bond acceptors (Lipinski definition) is 3. The molecule has 0 aliphatic rings. The lowest BCUT2D eigenvalue weighted by molar-refractivity contribution is -0.121. The van der Waals surface area contributed by atoms with Gasteiger partial charge in [0.2, 0.25) is 5.91 Å². The molecule has 118 valence electrons. The number of carbonyl (C=O) groups is 2. The molecule has 1 amide bonds. The van der Waals surface area contributed by atoms with Crippen LogP contribution >= 0.6 is 34.2 Å². The first-order valence-electron chi connectivity index (χ1n) is 6.83.